The minimum Gasteiger partial charge on any atom is -0.393 e. The SMILES string of the molecule is O=C1CCCC1N1CCCC(O)(CO)C1. The van der Waals surface area contributed by atoms with Crippen LogP contribution in [0, 0.1) is 0 Å². The Morgan fingerprint density at radius 1 is 1.47 bits per heavy atom. The highest BCUT2D eigenvalue weighted by atomic mass is 16.3. The summed E-state index contributed by atoms with van der Waals surface area (Å²) in [6, 6.07) is 0.00312. The summed E-state index contributed by atoms with van der Waals surface area (Å²) < 4.78 is 0. The third kappa shape index (κ3) is 2.22. The number of β-amino-alcohol motifs (C(OH)–C–C–N with tert-alkyl or cyclic N) is 1. The topological polar surface area (TPSA) is 60.8 Å². The van der Waals surface area contributed by atoms with Gasteiger partial charge in [-0.3, -0.25) is 9.69 Å². The highest BCUT2D eigenvalue weighted by molar-refractivity contribution is 5.85. The molecule has 0 radical (unpaired) electrons. The zero-order valence-electron chi connectivity index (χ0n) is 8.98. The van der Waals surface area contributed by atoms with E-state index in [0.29, 0.717) is 25.2 Å². The number of rotatable bonds is 2. The molecule has 0 aromatic rings. The molecule has 1 heterocycles. The van der Waals surface area contributed by atoms with Crippen LogP contribution in [-0.4, -0.2) is 52.2 Å². The van der Waals surface area contributed by atoms with Gasteiger partial charge in [0, 0.05) is 13.0 Å². The van der Waals surface area contributed by atoms with Crippen LogP contribution >= 0.6 is 0 Å². The van der Waals surface area contributed by atoms with Gasteiger partial charge in [-0.15, -0.1) is 0 Å². The van der Waals surface area contributed by atoms with Crippen molar-refractivity contribution in [2.24, 2.45) is 0 Å². The summed E-state index contributed by atoms with van der Waals surface area (Å²) in [6.07, 6.45) is 4.07. The van der Waals surface area contributed by atoms with Crippen LogP contribution in [0.5, 0.6) is 0 Å². The van der Waals surface area contributed by atoms with Gasteiger partial charge >= 0.3 is 0 Å². The Kier molecular flexibility index (Phi) is 3.09. The zero-order valence-corrected chi connectivity index (χ0v) is 8.98. The predicted molar refractivity (Wildman–Crippen MR) is 55.5 cm³/mol. The van der Waals surface area contributed by atoms with Gasteiger partial charge in [0.05, 0.1) is 12.6 Å². The van der Waals surface area contributed by atoms with Crippen molar-refractivity contribution in [2.75, 3.05) is 19.7 Å². The molecule has 1 saturated heterocycles. The number of likely N-dealkylation sites (tertiary alicyclic amines) is 1. The van der Waals surface area contributed by atoms with Gasteiger partial charge in [0.25, 0.3) is 0 Å². The summed E-state index contributed by atoms with van der Waals surface area (Å²) in [5, 5.41) is 19.1. The summed E-state index contributed by atoms with van der Waals surface area (Å²) >= 11 is 0. The predicted octanol–water partition coefficient (Wildman–Crippen LogP) is -0.0728. The lowest BCUT2D eigenvalue weighted by Gasteiger charge is -2.40. The van der Waals surface area contributed by atoms with E-state index in [2.05, 4.69) is 4.90 Å². The Hall–Kier alpha value is -0.450. The maximum Gasteiger partial charge on any atom is 0.149 e. The van der Waals surface area contributed by atoms with Crippen molar-refractivity contribution in [3.63, 3.8) is 0 Å². The standard InChI is InChI=1S/C11H19NO3/c13-8-11(15)5-2-6-12(7-11)9-3-1-4-10(9)14/h9,13,15H,1-8H2. The van der Waals surface area contributed by atoms with Crippen LogP contribution in [-0.2, 0) is 4.79 Å². The van der Waals surface area contributed by atoms with E-state index in [9.17, 15) is 9.90 Å². The Morgan fingerprint density at radius 3 is 2.87 bits per heavy atom. The first-order chi connectivity index (χ1) is 7.14. The second kappa shape index (κ2) is 4.20. The van der Waals surface area contributed by atoms with E-state index in [1.807, 2.05) is 0 Å². The van der Waals surface area contributed by atoms with E-state index in [4.69, 9.17) is 5.11 Å². The number of Topliss-reactive ketones (excluding diaryl/α,β-unsaturated/α-hetero) is 1. The van der Waals surface area contributed by atoms with Gasteiger partial charge in [-0.05, 0) is 32.2 Å². The van der Waals surface area contributed by atoms with Crippen molar-refractivity contribution in [1.29, 1.82) is 0 Å². The van der Waals surface area contributed by atoms with Crippen LogP contribution in [0.15, 0.2) is 0 Å². The average molecular weight is 213 g/mol. The smallest absolute Gasteiger partial charge is 0.149 e. The Labute approximate surface area is 89.9 Å². The summed E-state index contributed by atoms with van der Waals surface area (Å²) in [4.78, 5) is 13.6. The fourth-order valence-corrected chi connectivity index (χ4v) is 2.73. The van der Waals surface area contributed by atoms with E-state index >= 15 is 0 Å². The molecule has 4 nitrogen and oxygen atoms in total. The Bertz CT molecular complexity index is 256. The van der Waals surface area contributed by atoms with Crippen molar-refractivity contribution in [3.05, 3.63) is 0 Å². The molecule has 86 valence electrons. The Morgan fingerprint density at radius 2 is 2.27 bits per heavy atom. The van der Waals surface area contributed by atoms with Crippen LogP contribution in [0.1, 0.15) is 32.1 Å². The number of carbonyl (C=O) groups is 1. The van der Waals surface area contributed by atoms with Crippen LogP contribution in [0.3, 0.4) is 0 Å². The minimum atomic E-state index is -0.985. The second-order valence-corrected chi connectivity index (χ2v) is 4.83. The number of hydrogen-bond acceptors (Lipinski definition) is 4. The number of aliphatic hydroxyl groups is 2. The monoisotopic (exact) mass is 213 g/mol. The van der Waals surface area contributed by atoms with E-state index < -0.39 is 5.60 Å². The summed E-state index contributed by atoms with van der Waals surface area (Å²) in [6.45, 7) is 1.11. The van der Waals surface area contributed by atoms with Crippen molar-refractivity contribution in [1.82, 2.24) is 4.90 Å². The molecule has 15 heavy (non-hydrogen) atoms. The molecule has 0 aromatic carbocycles. The van der Waals surface area contributed by atoms with E-state index in [0.717, 1.165) is 25.8 Å². The van der Waals surface area contributed by atoms with E-state index in [-0.39, 0.29) is 12.6 Å². The molecule has 2 rings (SSSR count). The fourth-order valence-electron chi connectivity index (χ4n) is 2.73. The van der Waals surface area contributed by atoms with Gasteiger partial charge in [-0.25, -0.2) is 0 Å². The average Bonchev–Trinajstić information content (AvgIpc) is 2.65. The van der Waals surface area contributed by atoms with Gasteiger partial charge in [-0.2, -0.15) is 0 Å². The summed E-state index contributed by atoms with van der Waals surface area (Å²) in [7, 11) is 0. The van der Waals surface area contributed by atoms with Gasteiger partial charge in [0.1, 0.15) is 11.4 Å². The molecule has 0 spiro atoms. The normalized spacial score (nSPS) is 38.5. The highest BCUT2D eigenvalue weighted by Gasteiger charge is 2.38. The molecule has 2 unspecified atom stereocenters. The molecular formula is C11H19NO3. The minimum absolute atomic E-state index is 0.00312. The van der Waals surface area contributed by atoms with Crippen molar-refractivity contribution >= 4 is 5.78 Å². The second-order valence-electron chi connectivity index (χ2n) is 4.83. The maximum atomic E-state index is 11.6. The molecule has 2 N–H and O–H groups in total. The molecule has 1 aliphatic heterocycles. The highest BCUT2D eigenvalue weighted by Crippen LogP contribution is 2.27. The van der Waals surface area contributed by atoms with E-state index in [1.165, 1.54) is 0 Å². The lowest BCUT2D eigenvalue weighted by Crippen LogP contribution is -2.54. The zero-order chi connectivity index (χ0) is 10.9. The molecule has 1 saturated carbocycles. The van der Waals surface area contributed by atoms with Crippen molar-refractivity contribution in [2.45, 2.75) is 43.7 Å². The Balaban J connectivity index is 2.01. The fraction of sp³-hybridized carbons (Fsp3) is 0.909. The third-order valence-electron chi connectivity index (χ3n) is 3.59. The molecule has 2 atom stereocenters. The molecule has 2 aliphatic rings. The lowest BCUT2D eigenvalue weighted by molar-refractivity contribution is -0.126. The van der Waals surface area contributed by atoms with Crippen LogP contribution in [0.2, 0.25) is 0 Å². The first-order valence-corrected chi connectivity index (χ1v) is 5.75. The first-order valence-electron chi connectivity index (χ1n) is 5.75. The quantitative estimate of drug-likeness (QED) is 0.674. The van der Waals surface area contributed by atoms with Crippen LogP contribution < -0.4 is 0 Å². The largest absolute Gasteiger partial charge is 0.393 e. The third-order valence-corrected chi connectivity index (χ3v) is 3.59. The molecule has 4 heteroatoms. The number of nitrogens with zero attached hydrogens (tertiary/aromatic N) is 1. The van der Waals surface area contributed by atoms with Crippen molar-refractivity contribution in [3.8, 4) is 0 Å². The van der Waals surface area contributed by atoms with Gasteiger partial charge in [-0.1, -0.05) is 0 Å². The number of aliphatic hydroxyl groups excluding tert-OH is 1. The van der Waals surface area contributed by atoms with Crippen LogP contribution in [0.4, 0.5) is 0 Å². The molecule has 0 amide bonds. The number of hydrogen-bond donors (Lipinski definition) is 2. The molecule has 0 bridgehead atoms. The van der Waals surface area contributed by atoms with Crippen LogP contribution in [0.25, 0.3) is 0 Å². The molecule has 2 fully saturated rings. The summed E-state index contributed by atoms with van der Waals surface area (Å²) in [5.41, 5.74) is -0.985. The van der Waals surface area contributed by atoms with E-state index in [1.54, 1.807) is 0 Å². The number of ketones is 1. The van der Waals surface area contributed by atoms with Gasteiger partial charge in [0.15, 0.2) is 0 Å². The number of piperidine rings is 1. The van der Waals surface area contributed by atoms with Gasteiger partial charge < -0.3 is 10.2 Å². The lowest BCUT2D eigenvalue weighted by atomic mass is 9.92. The maximum absolute atomic E-state index is 11.6. The van der Waals surface area contributed by atoms with Crippen molar-refractivity contribution < 1.29 is 15.0 Å². The van der Waals surface area contributed by atoms with Gasteiger partial charge in [0.2, 0.25) is 0 Å². The molecule has 0 aromatic heterocycles. The molecular weight excluding hydrogens is 194 g/mol. The summed E-state index contributed by atoms with van der Waals surface area (Å²) in [5.74, 6) is 0.303. The molecule has 1 aliphatic carbocycles. The first kappa shape index (κ1) is 11.0. The number of carbonyl (C=O) groups excluding carboxylic acids is 1.